The molecule has 0 amide bonds. The zero-order chi connectivity index (χ0) is 16.2. The van der Waals surface area contributed by atoms with Crippen molar-refractivity contribution in [3.8, 4) is 0 Å². The lowest BCUT2D eigenvalue weighted by Crippen LogP contribution is -2.34. The lowest BCUT2D eigenvalue weighted by Gasteiger charge is -2.18. The van der Waals surface area contributed by atoms with E-state index in [1.54, 1.807) is 20.8 Å². The fourth-order valence-electron chi connectivity index (χ4n) is 1.48. The van der Waals surface area contributed by atoms with E-state index in [9.17, 15) is 22.0 Å². The smallest absolute Gasteiger partial charge is 0.220 e. The van der Waals surface area contributed by atoms with Gasteiger partial charge in [0.1, 0.15) is 5.69 Å². The SMILES string of the molecule is CC(C)(C)c1nc2cc(C(F)(F)C(F)(F)F)nc(Br)n2n1. The van der Waals surface area contributed by atoms with Gasteiger partial charge in [0.2, 0.25) is 0 Å². The molecule has 2 rings (SSSR count). The van der Waals surface area contributed by atoms with Crippen LogP contribution in [0.2, 0.25) is 0 Å². The third-order valence-electron chi connectivity index (χ3n) is 2.63. The summed E-state index contributed by atoms with van der Waals surface area (Å²) < 4.78 is 64.7. The summed E-state index contributed by atoms with van der Waals surface area (Å²) in [7, 11) is 0. The molecule has 0 fully saturated rings. The van der Waals surface area contributed by atoms with Crippen LogP contribution in [0.5, 0.6) is 0 Å². The van der Waals surface area contributed by atoms with Gasteiger partial charge in [0, 0.05) is 11.5 Å². The van der Waals surface area contributed by atoms with E-state index in [4.69, 9.17) is 0 Å². The van der Waals surface area contributed by atoms with Gasteiger partial charge in [-0.3, -0.25) is 0 Å². The molecular formula is C11H10BrF5N4. The van der Waals surface area contributed by atoms with Gasteiger partial charge in [-0.15, -0.1) is 5.10 Å². The van der Waals surface area contributed by atoms with Gasteiger partial charge >= 0.3 is 12.1 Å². The third kappa shape index (κ3) is 2.72. The van der Waals surface area contributed by atoms with Crippen LogP contribution in [0.1, 0.15) is 32.3 Å². The number of fused-ring (bicyclic) bond motifs is 1. The molecule has 0 bridgehead atoms. The van der Waals surface area contributed by atoms with E-state index in [1.807, 2.05) is 0 Å². The highest BCUT2D eigenvalue weighted by Gasteiger charge is 2.60. The van der Waals surface area contributed by atoms with Crippen molar-refractivity contribution in [2.75, 3.05) is 0 Å². The van der Waals surface area contributed by atoms with E-state index in [1.165, 1.54) is 0 Å². The topological polar surface area (TPSA) is 43.1 Å². The first-order valence-corrected chi connectivity index (χ1v) is 6.52. The summed E-state index contributed by atoms with van der Waals surface area (Å²) in [5, 5.41) is 4.04. The van der Waals surface area contributed by atoms with Gasteiger partial charge in [-0.25, -0.2) is 9.97 Å². The van der Waals surface area contributed by atoms with E-state index < -0.39 is 23.2 Å². The minimum atomic E-state index is -5.73. The molecule has 0 saturated heterocycles. The van der Waals surface area contributed by atoms with Gasteiger partial charge in [0.15, 0.2) is 16.2 Å². The Bertz CT molecular complexity index is 686. The fraction of sp³-hybridized carbons (Fsp3) is 0.545. The van der Waals surface area contributed by atoms with Crippen molar-refractivity contribution in [2.45, 2.75) is 38.3 Å². The molecule has 0 aliphatic carbocycles. The quantitative estimate of drug-likeness (QED) is 0.564. The average Bonchev–Trinajstić information content (AvgIpc) is 2.71. The predicted octanol–water partition coefficient (Wildman–Crippen LogP) is 3.84. The zero-order valence-corrected chi connectivity index (χ0v) is 12.7. The fourth-order valence-corrected chi connectivity index (χ4v) is 1.93. The first-order valence-electron chi connectivity index (χ1n) is 5.73. The second-order valence-corrected chi connectivity index (χ2v) is 6.15. The molecule has 116 valence electrons. The highest BCUT2D eigenvalue weighted by molar-refractivity contribution is 9.10. The maximum Gasteiger partial charge on any atom is 0.459 e. The van der Waals surface area contributed by atoms with E-state index in [0.29, 0.717) is 11.9 Å². The lowest BCUT2D eigenvalue weighted by molar-refractivity contribution is -0.291. The summed E-state index contributed by atoms with van der Waals surface area (Å²) in [6, 6.07) is 0.584. The molecule has 0 aliphatic heterocycles. The Morgan fingerprint density at radius 3 is 2.10 bits per heavy atom. The van der Waals surface area contributed by atoms with Gasteiger partial charge in [0.05, 0.1) is 0 Å². The second-order valence-electron chi connectivity index (χ2n) is 5.44. The Kier molecular flexibility index (Phi) is 3.51. The Balaban J connectivity index is 2.66. The van der Waals surface area contributed by atoms with Gasteiger partial charge in [-0.05, 0) is 15.9 Å². The predicted molar refractivity (Wildman–Crippen MR) is 67.1 cm³/mol. The normalized spacial score (nSPS) is 14.0. The number of alkyl halides is 5. The van der Waals surface area contributed by atoms with Crippen LogP contribution in [0.4, 0.5) is 22.0 Å². The van der Waals surface area contributed by atoms with E-state index in [0.717, 1.165) is 4.52 Å². The molecule has 0 aromatic carbocycles. The van der Waals surface area contributed by atoms with Crippen LogP contribution >= 0.6 is 15.9 Å². The molecule has 2 aromatic rings. The second kappa shape index (κ2) is 4.59. The number of hydrogen-bond acceptors (Lipinski definition) is 3. The first kappa shape index (κ1) is 16.1. The van der Waals surface area contributed by atoms with Gasteiger partial charge in [0.25, 0.3) is 0 Å². The maximum atomic E-state index is 13.3. The molecular weight excluding hydrogens is 363 g/mol. The molecule has 0 radical (unpaired) electrons. The van der Waals surface area contributed by atoms with Gasteiger partial charge in [-0.2, -0.15) is 26.5 Å². The van der Waals surface area contributed by atoms with Gasteiger partial charge < -0.3 is 0 Å². The molecule has 0 unspecified atom stereocenters. The summed E-state index contributed by atoms with van der Waals surface area (Å²) in [5.74, 6) is -4.76. The number of nitrogens with zero attached hydrogens (tertiary/aromatic N) is 4. The van der Waals surface area contributed by atoms with Crippen LogP contribution in [0, 0.1) is 0 Å². The summed E-state index contributed by atoms with van der Waals surface area (Å²) in [6.07, 6.45) is -5.73. The van der Waals surface area contributed by atoms with E-state index in [-0.39, 0.29) is 10.4 Å². The number of rotatable bonds is 1. The number of aromatic nitrogens is 4. The van der Waals surface area contributed by atoms with Crippen molar-refractivity contribution >= 4 is 21.6 Å². The summed E-state index contributed by atoms with van der Waals surface area (Å²) >= 11 is 2.84. The van der Waals surface area contributed by atoms with Crippen molar-refractivity contribution in [2.24, 2.45) is 0 Å². The zero-order valence-electron chi connectivity index (χ0n) is 11.1. The summed E-state index contributed by atoms with van der Waals surface area (Å²) in [5.41, 5.74) is -2.05. The molecule has 4 nitrogen and oxygen atoms in total. The van der Waals surface area contributed by atoms with Crippen molar-refractivity contribution < 1.29 is 22.0 Å². The third-order valence-corrected chi connectivity index (χ3v) is 3.15. The number of halogens is 6. The Hall–Kier alpha value is -1.32. The van der Waals surface area contributed by atoms with Gasteiger partial charge in [-0.1, -0.05) is 20.8 Å². The Labute approximate surface area is 124 Å². The molecule has 10 heteroatoms. The van der Waals surface area contributed by atoms with Crippen LogP contribution in [0.15, 0.2) is 10.8 Å². The van der Waals surface area contributed by atoms with Crippen LogP contribution in [-0.2, 0) is 11.3 Å². The van der Waals surface area contributed by atoms with Crippen molar-refractivity contribution in [1.82, 2.24) is 19.6 Å². The highest BCUT2D eigenvalue weighted by atomic mass is 79.9. The van der Waals surface area contributed by atoms with Crippen molar-refractivity contribution in [1.29, 1.82) is 0 Å². The molecule has 2 aromatic heterocycles. The molecule has 0 spiro atoms. The van der Waals surface area contributed by atoms with Crippen LogP contribution in [0.3, 0.4) is 0 Å². The van der Waals surface area contributed by atoms with Crippen LogP contribution in [0.25, 0.3) is 5.65 Å². The van der Waals surface area contributed by atoms with Crippen LogP contribution < -0.4 is 0 Å². The molecule has 0 saturated carbocycles. The summed E-state index contributed by atoms with van der Waals surface area (Å²) in [6.45, 7) is 5.36. The monoisotopic (exact) mass is 372 g/mol. The van der Waals surface area contributed by atoms with Crippen LogP contribution in [-0.4, -0.2) is 25.8 Å². The minimum Gasteiger partial charge on any atom is -0.220 e. The Morgan fingerprint density at radius 1 is 1.05 bits per heavy atom. The highest BCUT2D eigenvalue weighted by Crippen LogP contribution is 2.43. The molecule has 0 atom stereocenters. The maximum absolute atomic E-state index is 13.3. The summed E-state index contributed by atoms with van der Waals surface area (Å²) in [4.78, 5) is 7.22. The molecule has 2 heterocycles. The molecule has 21 heavy (non-hydrogen) atoms. The van der Waals surface area contributed by atoms with E-state index >= 15 is 0 Å². The minimum absolute atomic E-state index is 0.138. The van der Waals surface area contributed by atoms with Crippen molar-refractivity contribution in [3.05, 3.63) is 22.3 Å². The molecule has 0 aliphatic rings. The Morgan fingerprint density at radius 2 is 1.62 bits per heavy atom. The lowest BCUT2D eigenvalue weighted by atomic mass is 9.96. The average molecular weight is 373 g/mol. The van der Waals surface area contributed by atoms with Crippen molar-refractivity contribution in [3.63, 3.8) is 0 Å². The standard InChI is InChI=1S/C11H10BrF5N4/c1-9(2,3)7-19-6-4-5(10(13,14)11(15,16)17)18-8(12)21(6)20-7/h4H,1-3H3. The largest absolute Gasteiger partial charge is 0.459 e. The van der Waals surface area contributed by atoms with E-state index in [2.05, 4.69) is 31.0 Å². The number of hydrogen-bond donors (Lipinski definition) is 0. The molecule has 0 N–H and O–H groups in total. The first-order chi connectivity index (χ1) is 9.34.